The number of nitrogens with two attached hydrogens (primary N) is 1. The fourth-order valence-corrected chi connectivity index (χ4v) is 1.38. The second kappa shape index (κ2) is 3.49. The van der Waals surface area contributed by atoms with Gasteiger partial charge in [0, 0.05) is 11.3 Å². The largest absolute Gasteiger partial charge is 0.478 e. The first-order valence-electron chi connectivity index (χ1n) is 4.35. The van der Waals surface area contributed by atoms with Crippen LogP contribution in [-0.4, -0.2) is 11.1 Å². The van der Waals surface area contributed by atoms with Gasteiger partial charge in [0.25, 0.3) is 0 Å². The quantitative estimate of drug-likeness (QED) is 0.733. The monoisotopic (exact) mass is 203 g/mol. The molecule has 3 N–H and O–H groups in total. The third-order valence-electron chi connectivity index (χ3n) is 2.04. The van der Waals surface area contributed by atoms with Crippen LogP contribution in [0, 0.1) is 0 Å². The van der Waals surface area contributed by atoms with Crippen molar-refractivity contribution in [2.24, 2.45) is 0 Å². The summed E-state index contributed by atoms with van der Waals surface area (Å²) in [6, 6.07) is 8.32. The molecular weight excluding hydrogens is 194 g/mol. The lowest BCUT2D eigenvalue weighted by Crippen LogP contribution is -1.96. The van der Waals surface area contributed by atoms with Crippen LogP contribution in [-0.2, 0) is 0 Å². The van der Waals surface area contributed by atoms with Crippen molar-refractivity contribution in [3.8, 4) is 11.3 Å². The Hall–Kier alpha value is -2.23. The number of carbonyl (C=O) groups is 1. The zero-order chi connectivity index (χ0) is 10.8. The highest BCUT2D eigenvalue weighted by atomic mass is 16.4. The van der Waals surface area contributed by atoms with Crippen molar-refractivity contribution in [2.45, 2.75) is 0 Å². The molecule has 1 heterocycles. The fraction of sp³-hybridized carbons (Fsp3) is 0. The zero-order valence-corrected chi connectivity index (χ0v) is 7.81. The van der Waals surface area contributed by atoms with E-state index in [-0.39, 0.29) is 5.56 Å². The number of hydrogen-bond donors (Lipinski definition) is 2. The van der Waals surface area contributed by atoms with Crippen LogP contribution in [0.25, 0.3) is 11.3 Å². The highest BCUT2D eigenvalue weighted by Crippen LogP contribution is 2.26. The van der Waals surface area contributed by atoms with E-state index in [2.05, 4.69) is 0 Å². The van der Waals surface area contributed by atoms with Crippen LogP contribution in [0.3, 0.4) is 0 Å². The van der Waals surface area contributed by atoms with Gasteiger partial charge in [-0.25, -0.2) is 4.79 Å². The Balaban J connectivity index is 2.54. The van der Waals surface area contributed by atoms with E-state index in [1.165, 1.54) is 12.3 Å². The van der Waals surface area contributed by atoms with E-state index < -0.39 is 5.97 Å². The maximum absolute atomic E-state index is 10.8. The molecular formula is C11H9NO3. The molecule has 15 heavy (non-hydrogen) atoms. The number of benzene rings is 1. The molecule has 2 aromatic rings. The number of rotatable bonds is 2. The van der Waals surface area contributed by atoms with Crippen molar-refractivity contribution in [2.75, 3.05) is 5.73 Å². The minimum Gasteiger partial charge on any atom is -0.478 e. The smallest absolute Gasteiger partial charge is 0.339 e. The first kappa shape index (κ1) is 9.33. The molecule has 4 nitrogen and oxygen atoms in total. The average Bonchev–Trinajstić information content (AvgIpc) is 2.65. The van der Waals surface area contributed by atoms with E-state index in [0.717, 1.165) is 0 Å². The second-order valence-electron chi connectivity index (χ2n) is 3.09. The molecule has 0 bridgehead atoms. The Morgan fingerprint density at radius 1 is 1.33 bits per heavy atom. The number of aromatic carboxylic acids is 1. The summed E-state index contributed by atoms with van der Waals surface area (Å²) in [7, 11) is 0. The van der Waals surface area contributed by atoms with Gasteiger partial charge in [-0.15, -0.1) is 0 Å². The number of carboxylic acid groups (broad SMARTS) is 1. The lowest BCUT2D eigenvalue weighted by molar-refractivity contribution is 0.0697. The lowest BCUT2D eigenvalue weighted by Gasteiger charge is -2.00. The van der Waals surface area contributed by atoms with E-state index in [1.807, 2.05) is 0 Å². The summed E-state index contributed by atoms with van der Waals surface area (Å²) >= 11 is 0. The summed E-state index contributed by atoms with van der Waals surface area (Å²) in [6.07, 6.45) is 1.35. The van der Waals surface area contributed by atoms with Gasteiger partial charge in [0.05, 0.1) is 6.26 Å². The summed E-state index contributed by atoms with van der Waals surface area (Å²) < 4.78 is 5.13. The molecule has 1 aromatic carbocycles. The van der Waals surface area contributed by atoms with Crippen molar-refractivity contribution < 1.29 is 14.3 Å². The molecule has 2 rings (SSSR count). The van der Waals surface area contributed by atoms with Gasteiger partial charge in [0.15, 0.2) is 0 Å². The van der Waals surface area contributed by atoms with Crippen molar-refractivity contribution in [1.82, 2.24) is 0 Å². The van der Waals surface area contributed by atoms with E-state index >= 15 is 0 Å². The van der Waals surface area contributed by atoms with Crippen molar-refractivity contribution in [3.05, 3.63) is 42.2 Å². The Morgan fingerprint density at radius 2 is 2.13 bits per heavy atom. The molecule has 0 aliphatic carbocycles. The van der Waals surface area contributed by atoms with Crippen LogP contribution in [0.4, 0.5) is 5.69 Å². The van der Waals surface area contributed by atoms with Crippen LogP contribution >= 0.6 is 0 Å². The van der Waals surface area contributed by atoms with E-state index in [0.29, 0.717) is 17.0 Å². The van der Waals surface area contributed by atoms with Gasteiger partial charge in [0.1, 0.15) is 11.3 Å². The summed E-state index contributed by atoms with van der Waals surface area (Å²) in [5.74, 6) is -0.684. The van der Waals surface area contributed by atoms with E-state index in [9.17, 15) is 4.79 Å². The highest BCUT2D eigenvalue weighted by molar-refractivity contribution is 5.94. The molecule has 0 atom stereocenters. The third kappa shape index (κ3) is 1.69. The number of anilines is 1. The number of furan rings is 1. The van der Waals surface area contributed by atoms with Crippen LogP contribution < -0.4 is 5.73 Å². The summed E-state index contributed by atoms with van der Waals surface area (Å²) in [4.78, 5) is 10.8. The minimum atomic E-state index is -1.01. The molecule has 0 saturated carbocycles. The van der Waals surface area contributed by atoms with Crippen molar-refractivity contribution >= 4 is 11.7 Å². The Kier molecular flexibility index (Phi) is 2.17. The third-order valence-corrected chi connectivity index (χ3v) is 2.04. The van der Waals surface area contributed by atoms with Crippen LogP contribution in [0.2, 0.25) is 0 Å². The molecule has 0 spiro atoms. The molecule has 0 aliphatic rings. The molecule has 0 aliphatic heterocycles. The summed E-state index contributed by atoms with van der Waals surface area (Å²) in [5, 5.41) is 8.89. The van der Waals surface area contributed by atoms with Gasteiger partial charge in [0.2, 0.25) is 0 Å². The highest BCUT2D eigenvalue weighted by Gasteiger charge is 2.14. The lowest BCUT2D eigenvalue weighted by atomic mass is 10.1. The molecule has 4 heteroatoms. The first-order valence-corrected chi connectivity index (χ1v) is 4.35. The second-order valence-corrected chi connectivity index (χ2v) is 3.09. The molecule has 0 unspecified atom stereocenters. The number of hydrogen-bond acceptors (Lipinski definition) is 3. The Morgan fingerprint density at radius 3 is 2.80 bits per heavy atom. The Bertz CT molecular complexity index is 502. The van der Waals surface area contributed by atoms with Gasteiger partial charge in [-0.1, -0.05) is 12.1 Å². The standard InChI is InChI=1S/C11H9NO3/c12-8-3-1-2-7(6-8)10-9(11(13)14)4-5-15-10/h1-6H,12H2,(H,13,14). The van der Waals surface area contributed by atoms with Gasteiger partial charge in [-0.05, 0) is 18.2 Å². The summed E-state index contributed by atoms with van der Waals surface area (Å²) in [6.45, 7) is 0. The first-order chi connectivity index (χ1) is 7.18. The van der Waals surface area contributed by atoms with Crippen LogP contribution in [0.15, 0.2) is 41.0 Å². The maximum atomic E-state index is 10.8. The van der Waals surface area contributed by atoms with Gasteiger partial charge in [-0.3, -0.25) is 0 Å². The normalized spacial score (nSPS) is 10.1. The maximum Gasteiger partial charge on any atom is 0.339 e. The van der Waals surface area contributed by atoms with Gasteiger partial charge < -0.3 is 15.3 Å². The minimum absolute atomic E-state index is 0.139. The van der Waals surface area contributed by atoms with Gasteiger partial charge in [-0.2, -0.15) is 0 Å². The van der Waals surface area contributed by atoms with E-state index in [1.54, 1.807) is 24.3 Å². The van der Waals surface area contributed by atoms with Gasteiger partial charge >= 0.3 is 5.97 Å². The zero-order valence-electron chi connectivity index (χ0n) is 7.81. The summed E-state index contributed by atoms with van der Waals surface area (Å²) in [5.41, 5.74) is 6.98. The molecule has 0 saturated heterocycles. The van der Waals surface area contributed by atoms with Crippen molar-refractivity contribution in [3.63, 3.8) is 0 Å². The predicted octanol–water partition coefficient (Wildman–Crippen LogP) is 2.23. The van der Waals surface area contributed by atoms with E-state index in [4.69, 9.17) is 15.3 Å². The molecule has 0 radical (unpaired) electrons. The SMILES string of the molecule is Nc1cccc(-c2occc2C(=O)O)c1. The average molecular weight is 203 g/mol. The molecule has 0 amide bonds. The molecule has 76 valence electrons. The van der Waals surface area contributed by atoms with Crippen LogP contribution in [0.1, 0.15) is 10.4 Å². The van der Waals surface area contributed by atoms with Crippen LogP contribution in [0.5, 0.6) is 0 Å². The Labute approximate surface area is 85.9 Å². The molecule has 0 fully saturated rings. The number of nitrogen functional groups attached to an aromatic ring is 1. The fourth-order valence-electron chi connectivity index (χ4n) is 1.38. The van der Waals surface area contributed by atoms with Crippen molar-refractivity contribution in [1.29, 1.82) is 0 Å². The topological polar surface area (TPSA) is 76.5 Å². The molecule has 1 aromatic heterocycles. The predicted molar refractivity (Wildman–Crippen MR) is 55.5 cm³/mol. The number of carboxylic acids is 1.